The summed E-state index contributed by atoms with van der Waals surface area (Å²) < 4.78 is 12.6. The summed E-state index contributed by atoms with van der Waals surface area (Å²) in [5.41, 5.74) is 7.45. The van der Waals surface area contributed by atoms with E-state index in [2.05, 4.69) is 78.0 Å². The van der Waals surface area contributed by atoms with Gasteiger partial charge in [0.05, 0.1) is 13.2 Å². The predicted octanol–water partition coefficient (Wildman–Crippen LogP) is 12.1. The maximum Gasteiger partial charge on any atom is 0.126 e. The van der Waals surface area contributed by atoms with Gasteiger partial charge >= 0.3 is 0 Å². The Balaban J connectivity index is 1.91. The van der Waals surface area contributed by atoms with Crippen LogP contribution < -0.4 is 9.47 Å². The van der Waals surface area contributed by atoms with E-state index in [-0.39, 0.29) is 0 Å². The summed E-state index contributed by atoms with van der Waals surface area (Å²) in [7, 11) is 0. The van der Waals surface area contributed by atoms with Crippen LogP contribution in [0.15, 0.2) is 24.3 Å². The lowest BCUT2D eigenvalue weighted by Crippen LogP contribution is -2.01. The van der Waals surface area contributed by atoms with Gasteiger partial charge in [0.1, 0.15) is 11.5 Å². The van der Waals surface area contributed by atoms with E-state index < -0.39 is 0 Å². The van der Waals surface area contributed by atoms with E-state index in [4.69, 9.17) is 9.47 Å². The van der Waals surface area contributed by atoms with Gasteiger partial charge in [-0.3, -0.25) is 0 Å². The summed E-state index contributed by atoms with van der Waals surface area (Å²) in [6.45, 7) is 14.9. The van der Waals surface area contributed by atoms with Crippen LogP contribution in [0.2, 0.25) is 0 Å². The van der Waals surface area contributed by atoms with Crippen molar-refractivity contribution in [1.82, 2.24) is 0 Å². The van der Waals surface area contributed by atoms with Crippen molar-refractivity contribution in [2.75, 3.05) is 13.2 Å². The van der Waals surface area contributed by atoms with Crippen LogP contribution in [-0.2, 0) is 0 Å². The first-order valence-electron chi connectivity index (χ1n) is 16.6. The van der Waals surface area contributed by atoms with Gasteiger partial charge in [-0.1, -0.05) is 122 Å². The third-order valence-electron chi connectivity index (χ3n) is 8.14. The quantitative estimate of drug-likeness (QED) is 0.108. The molecular weight excluding hydrogens is 488 g/mol. The number of hydrogen-bond donors (Lipinski definition) is 0. The van der Waals surface area contributed by atoms with Gasteiger partial charge in [-0.15, -0.1) is 0 Å². The van der Waals surface area contributed by atoms with Crippen LogP contribution >= 0.6 is 0 Å². The molecule has 2 nitrogen and oxygen atoms in total. The van der Waals surface area contributed by atoms with Gasteiger partial charge in [0, 0.05) is 5.56 Å². The molecule has 40 heavy (non-hydrogen) atoms. The maximum absolute atomic E-state index is 6.32. The smallest absolute Gasteiger partial charge is 0.126 e. The van der Waals surface area contributed by atoms with E-state index in [9.17, 15) is 0 Å². The highest BCUT2D eigenvalue weighted by molar-refractivity contribution is 5.75. The molecule has 0 heterocycles. The number of aryl methyl sites for hydroxylation is 4. The first kappa shape index (κ1) is 34.0. The van der Waals surface area contributed by atoms with E-state index in [0.717, 1.165) is 43.1 Å². The topological polar surface area (TPSA) is 18.5 Å². The van der Waals surface area contributed by atoms with Crippen molar-refractivity contribution in [3.05, 3.63) is 57.6 Å². The lowest BCUT2D eigenvalue weighted by atomic mass is 10.0. The number of rotatable bonds is 22. The summed E-state index contributed by atoms with van der Waals surface area (Å²) in [4.78, 5) is 0. The molecule has 0 aliphatic heterocycles. The largest absolute Gasteiger partial charge is 0.493 e. The van der Waals surface area contributed by atoms with E-state index in [0.29, 0.717) is 0 Å². The Hall–Kier alpha value is -2.22. The minimum atomic E-state index is 0.790. The van der Waals surface area contributed by atoms with E-state index >= 15 is 0 Å². The molecule has 0 atom stereocenters. The first-order valence-corrected chi connectivity index (χ1v) is 16.6. The van der Waals surface area contributed by atoms with Crippen molar-refractivity contribution in [2.45, 2.75) is 144 Å². The van der Waals surface area contributed by atoms with E-state index in [1.54, 1.807) is 0 Å². The van der Waals surface area contributed by atoms with Crippen molar-refractivity contribution < 1.29 is 9.47 Å². The lowest BCUT2D eigenvalue weighted by Gasteiger charge is -2.14. The number of ether oxygens (including phenoxy) is 2. The number of unbranched alkanes of at least 4 members (excludes halogenated alkanes) is 14. The molecule has 0 radical (unpaired) electrons. The minimum Gasteiger partial charge on any atom is -0.493 e. The zero-order chi connectivity index (χ0) is 29.0. The van der Waals surface area contributed by atoms with E-state index in [1.165, 1.54) is 118 Å². The molecule has 0 aliphatic rings. The molecule has 0 fully saturated rings. The molecule has 0 amide bonds. The Morgan fingerprint density at radius 2 is 0.875 bits per heavy atom. The van der Waals surface area contributed by atoms with Gasteiger partial charge in [-0.2, -0.15) is 0 Å². The van der Waals surface area contributed by atoms with Crippen LogP contribution in [0.3, 0.4) is 0 Å². The third kappa shape index (κ3) is 13.4. The Bertz CT molecular complexity index is 987. The van der Waals surface area contributed by atoms with Crippen LogP contribution in [-0.4, -0.2) is 13.2 Å². The fraction of sp³-hybridized carbons (Fsp3) is 0.632. The van der Waals surface area contributed by atoms with Crippen LogP contribution in [0.25, 0.3) is 12.2 Å². The van der Waals surface area contributed by atoms with Crippen LogP contribution in [0.1, 0.15) is 150 Å². The highest BCUT2D eigenvalue weighted by Crippen LogP contribution is 2.29. The van der Waals surface area contributed by atoms with Crippen molar-refractivity contribution >= 4 is 12.2 Å². The Morgan fingerprint density at radius 3 is 1.43 bits per heavy atom. The van der Waals surface area contributed by atoms with Crippen molar-refractivity contribution in [1.29, 1.82) is 0 Å². The molecule has 0 N–H and O–H groups in total. The summed E-state index contributed by atoms with van der Waals surface area (Å²) in [5.74, 6) is 2.01. The zero-order valence-electron chi connectivity index (χ0n) is 27.0. The average molecular weight is 549 g/mol. The average Bonchev–Trinajstić information content (AvgIpc) is 2.93. The van der Waals surface area contributed by atoms with Gasteiger partial charge in [0.25, 0.3) is 0 Å². The Labute approximate surface area is 248 Å². The molecule has 224 valence electrons. The summed E-state index contributed by atoms with van der Waals surface area (Å²) in [6, 6.07) is 8.94. The van der Waals surface area contributed by atoms with Crippen molar-refractivity contribution in [3.8, 4) is 11.5 Å². The first-order chi connectivity index (χ1) is 19.5. The third-order valence-corrected chi connectivity index (χ3v) is 8.14. The van der Waals surface area contributed by atoms with Gasteiger partial charge in [0.2, 0.25) is 0 Å². The summed E-state index contributed by atoms with van der Waals surface area (Å²) in [6.07, 6.45) is 25.5. The van der Waals surface area contributed by atoms with Crippen molar-refractivity contribution in [2.24, 2.45) is 0 Å². The molecule has 2 aromatic carbocycles. The molecule has 0 spiro atoms. The highest BCUT2D eigenvalue weighted by Gasteiger charge is 2.08. The monoisotopic (exact) mass is 548 g/mol. The normalized spacial score (nSPS) is 11.4. The molecule has 0 aliphatic carbocycles. The van der Waals surface area contributed by atoms with Gasteiger partial charge < -0.3 is 9.47 Å². The van der Waals surface area contributed by atoms with E-state index in [1.807, 2.05) is 0 Å². The van der Waals surface area contributed by atoms with Gasteiger partial charge in [0.15, 0.2) is 0 Å². The second kappa shape index (κ2) is 20.6. The molecule has 0 saturated heterocycles. The molecule has 0 aromatic heterocycles. The molecule has 0 unspecified atom stereocenters. The summed E-state index contributed by atoms with van der Waals surface area (Å²) >= 11 is 0. The zero-order valence-corrected chi connectivity index (χ0v) is 27.0. The minimum absolute atomic E-state index is 0.790. The Morgan fingerprint density at radius 1 is 0.425 bits per heavy atom. The van der Waals surface area contributed by atoms with Gasteiger partial charge in [-0.25, -0.2) is 0 Å². The molecule has 2 aromatic rings. The standard InChI is InChI=1S/C38H60O2/c1-7-9-11-13-15-17-19-21-25-39-37-30-35(33(5)27-34(37)6)23-24-36-28-31(3)32(4)29-38(36)40-26-22-20-18-16-14-12-10-8-2/h23-24,27-30H,7-22,25-26H2,1-6H3/b24-23+. The van der Waals surface area contributed by atoms with Crippen LogP contribution in [0.4, 0.5) is 0 Å². The lowest BCUT2D eigenvalue weighted by molar-refractivity contribution is 0.302. The fourth-order valence-corrected chi connectivity index (χ4v) is 5.27. The predicted molar refractivity (Wildman–Crippen MR) is 177 cm³/mol. The highest BCUT2D eigenvalue weighted by atomic mass is 16.5. The molecule has 2 heteroatoms. The second-order valence-corrected chi connectivity index (χ2v) is 11.9. The molecule has 0 bridgehead atoms. The molecule has 2 rings (SSSR count). The molecule has 0 saturated carbocycles. The SMILES string of the molecule is CCCCCCCCCCOc1cc(/C=C/c2cc(C)c(C)cc2OCCCCCCCCCC)c(C)cc1C. The van der Waals surface area contributed by atoms with Crippen molar-refractivity contribution in [3.63, 3.8) is 0 Å². The maximum atomic E-state index is 6.32. The fourth-order valence-electron chi connectivity index (χ4n) is 5.27. The van der Waals surface area contributed by atoms with Crippen LogP contribution in [0.5, 0.6) is 11.5 Å². The summed E-state index contributed by atoms with van der Waals surface area (Å²) in [5, 5.41) is 0. The van der Waals surface area contributed by atoms with Gasteiger partial charge in [-0.05, 0) is 86.6 Å². The number of hydrogen-bond acceptors (Lipinski definition) is 2. The Kier molecular flexibility index (Phi) is 17.5. The number of benzene rings is 2. The second-order valence-electron chi connectivity index (χ2n) is 11.9. The molecular formula is C38H60O2. The van der Waals surface area contributed by atoms with Crippen LogP contribution in [0, 0.1) is 27.7 Å².